The van der Waals surface area contributed by atoms with Gasteiger partial charge in [-0.15, -0.1) is 0 Å². The van der Waals surface area contributed by atoms with Crippen molar-refractivity contribution in [3.8, 4) is 11.3 Å². The minimum absolute atomic E-state index is 0.123. The first-order valence-corrected chi connectivity index (χ1v) is 9.90. The number of carbonyl (C=O) groups is 3. The molecule has 1 aliphatic rings. The van der Waals surface area contributed by atoms with Gasteiger partial charge >= 0.3 is 6.09 Å². The van der Waals surface area contributed by atoms with Gasteiger partial charge in [-0.2, -0.15) is 0 Å². The van der Waals surface area contributed by atoms with E-state index in [1.807, 2.05) is 36.4 Å². The Morgan fingerprint density at radius 3 is 2.48 bits per heavy atom. The summed E-state index contributed by atoms with van der Waals surface area (Å²) >= 11 is 0. The summed E-state index contributed by atoms with van der Waals surface area (Å²) in [6, 6.07) is 14.3. The number of fused-ring (bicyclic) bond motifs is 1. The van der Waals surface area contributed by atoms with Gasteiger partial charge in [0, 0.05) is 29.9 Å². The number of nitrogens with two attached hydrogens (primary N) is 2. The number of rotatable bonds is 5. The van der Waals surface area contributed by atoms with E-state index < -0.39 is 29.9 Å². The lowest BCUT2D eigenvalue weighted by Crippen LogP contribution is -2.53. The maximum Gasteiger partial charge on any atom is 0.407 e. The number of aromatic nitrogens is 1. The summed E-state index contributed by atoms with van der Waals surface area (Å²) in [6.45, 7) is 0.372. The van der Waals surface area contributed by atoms with Crippen LogP contribution in [0.2, 0.25) is 0 Å². The highest BCUT2D eigenvalue weighted by atomic mass is 16.4. The number of nitrogens with zero attached hydrogens (tertiary/aromatic N) is 1. The van der Waals surface area contributed by atoms with Gasteiger partial charge in [-0.05, 0) is 30.2 Å². The summed E-state index contributed by atoms with van der Waals surface area (Å²) in [5.41, 5.74) is 14.4. The van der Waals surface area contributed by atoms with Gasteiger partial charge in [0.2, 0.25) is 5.91 Å². The van der Waals surface area contributed by atoms with E-state index in [1.165, 1.54) is 4.90 Å². The number of hydrogen-bond donors (Lipinski definition) is 5. The number of likely N-dealkylation sites (tertiary alicyclic amines) is 1. The number of piperidine rings is 1. The Kier molecular flexibility index (Phi) is 5.24. The number of carbonyl (C=O) groups excluding carboxylic acids is 2. The molecular weight excluding hydrogens is 398 g/mol. The van der Waals surface area contributed by atoms with E-state index in [2.05, 4.69) is 10.3 Å². The number of nitrogens with one attached hydrogen (secondary N) is 2. The zero-order valence-corrected chi connectivity index (χ0v) is 16.7. The van der Waals surface area contributed by atoms with Gasteiger partial charge < -0.3 is 31.8 Å². The van der Waals surface area contributed by atoms with E-state index in [4.69, 9.17) is 11.5 Å². The van der Waals surface area contributed by atoms with E-state index in [0.717, 1.165) is 11.3 Å². The van der Waals surface area contributed by atoms with Gasteiger partial charge in [0.1, 0.15) is 0 Å². The number of amides is 3. The number of primary amides is 2. The van der Waals surface area contributed by atoms with Crippen LogP contribution in [0.15, 0.2) is 48.5 Å². The van der Waals surface area contributed by atoms with Crippen molar-refractivity contribution >= 4 is 34.5 Å². The molecule has 1 fully saturated rings. The zero-order valence-electron chi connectivity index (χ0n) is 16.7. The summed E-state index contributed by atoms with van der Waals surface area (Å²) in [5.74, 6) is -1.57. The lowest BCUT2D eigenvalue weighted by atomic mass is 9.90. The Hall–Kier alpha value is -4.01. The van der Waals surface area contributed by atoms with Crippen LogP contribution in [-0.4, -0.2) is 52.0 Å². The predicted molar refractivity (Wildman–Crippen MR) is 117 cm³/mol. The highest BCUT2D eigenvalue weighted by Gasteiger charge is 2.35. The van der Waals surface area contributed by atoms with Gasteiger partial charge in [0.05, 0.1) is 23.0 Å². The summed E-state index contributed by atoms with van der Waals surface area (Å²) < 4.78 is 0. The molecule has 1 saturated heterocycles. The number of benzene rings is 2. The highest BCUT2D eigenvalue weighted by Crippen LogP contribution is 2.33. The maximum atomic E-state index is 12.0. The predicted octanol–water partition coefficient (Wildman–Crippen LogP) is 2.20. The van der Waals surface area contributed by atoms with Crippen molar-refractivity contribution in [2.75, 3.05) is 18.4 Å². The standard InChI is InChI=1S/C22H23N5O4/c23-20(28)13-8-9-27(22(30)31)11-18(13)25-16-7-6-14(21(24)29)19-15(16)10-17(26-19)12-4-2-1-3-5-12/h1-7,10,13,18,25-26H,8-9,11H2,(H2,23,28)(H2,24,29)(H,30,31). The lowest BCUT2D eigenvalue weighted by molar-refractivity contribution is -0.123. The van der Waals surface area contributed by atoms with Crippen molar-refractivity contribution in [3.63, 3.8) is 0 Å². The molecule has 1 aliphatic heterocycles. The SMILES string of the molecule is NC(=O)c1ccc(NC2CN(C(=O)O)CCC2C(N)=O)c2cc(-c3ccccc3)[nH]c12. The molecule has 9 heteroatoms. The van der Waals surface area contributed by atoms with Crippen LogP contribution in [-0.2, 0) is 4.79 Å². The van der Waals surface area contributed by atoms with E-state index in [9.17, 15) is 19.5 Å². The fourth-order valence-electron chi connectivity index (χ4n) is 4.14. The smallest absolute Gasteiger partial charge is 0.407 e. The van der Waals surface area contributed by atoms with Gasteiger partial charge in [0.25, 0.3) is 5.91 Å². The number of carboxylic acid groups (broad SMARTS) is 1. The third-order valence-corrected chi connectivity index (χ3v) is 5.73. The Bertz CT molecular complexity index is 1160. The molecule has 9 nitrogen and oxygen atoms in total. The lowest BCUT2D eigenvalue weighted by Gasteiger charge is -2.36. The molecule has 2 unspecified atom stereocenters. The van der Waals surface area contributed by atoms with Crippen LogP contribution in [0.4, 0.5) is 10.5 Å². The highest BCUT2D eigenvalue weighted by molar-refractivity contribution is 6.09. The summed E-state index contributed by atoms with van der Waals surface area (Å²) in [4.78, 5) is 39.9. The van der Waals surface area contributed by atoms with E-state index in [0.29, 0.717) is 28.6 Å². The van der Waals surface area contributed by atoms with Crippen molar-refractivity contribution in [2.45, 2.75) is 12.5 Å². The average molecular weight is 421 g/mol. The van der Waals surface area contributed by atoms with Crippen molar-refractivity contribution in [3.05, 3.63) is 54.1 Å². The van der Waals surface area contributed by atoms with Crippen LogP contribution in [0, 0.1) is 5.92 Å². The van der Waals surface area contributed by atoms with Crippen molar-refractivity contribution in [2.24, 2.45) is 17.4 Å². The first kappa shape index (κ1) is 20.3. The van der Waals surface area contributed by atoms with Crippen LogP contribution >= 0.6 is 0 Å². The van der Waals surface area contributed by atoms with E-state index in [1.54, 1.807) is 12.1 Å². The second-order valence-electron chi connectivity index (χ2n) is 7.64. The molecule has 3 aromatic rings. The third kappa shape index (κ3) is 3.89. The molecule has 2 aromatic carbocycles. The van der Waals surface area contributed by atoms with Crippen LogP contribution in [0.3, 0.4) is 0 Å². The van der Waals surface area contributed by atoms with Crippen LogP contribution in [0.5, 0.6) is 0 Å². The van der Waals surface area contributed by atoms with Crippen LogP contribution < -0.4 is 16.8 Å². The van der Waals surface area contributed by atoms with E-state index >= 15 is 0 Å². The first-order valence-electron chi connectivity index (χ1n) is 9.90. The fraction of sp³-hybridized carbons (Fsp3) is 0.227. The molecular formula is C22H23N5O4. The molecule has 1 aromatic heterocycles. The van der Waals surface area contributed by atoms with Gasteiger partial charge in [0.15, 0.2) is 0 Å². The van der Waals surface area contributed by atoms with Gasteiger partial charge in [-0.25, -0.2) is 4.79 Å². The molecule has 7 N–H and O–H groups in total. The molecule has 2 atom stereocenters. The Labute approximate surface area is 178 Å². The molecule has 0 spiro atoms. The summed E-state index contributed by atoms with van der Waals surface area (Å²) in [5, 5.41) is 13.4. The summed E-state index contributed by atoms with van der Waals surface area (Å²) in [6.07, 6.45) is -0.707. The van der Waals surface area contributed by atoms with Crippen LogP contribution in [0.1, 0.15) is 16.8 Å². The Balaban J connectivity index is 1.77. The number of aromatic amines is 1. The number of anilines is 1. The number of hydrogen-bond acceptors (Lipinski definition) is 4. The molecule has 3 amide bonds. The van der Waals surface area contributed by atoms with Crippen LogP contribution in [0.25, 0.3) is 22.2 Å². The third-order valence-electron chi connectivity index (χ3n) is 5.73. The maximum absolute atomic E-state index is 12.0. The second kappa shape index (κ2) is 8.02. The van der Waals surface area contributed by atoms with Gasteiger partial charge in [-0.3, -0.25) is 9.59 Å². The van der Waals surface area contributed by atoms with E-state index in [-0.39, 0.29) is 13.1 Å². The first-order chi connectivity index (χ1) is 14.8. The largest absolute Gasteiger partial charge is 0.465 e. The quantitative estimate of drug-likeness (QED) is 0.427. The van der Waals surface area contributed by atoms with Crippen molar-refractivity contribution < 1.29 is 19.5 Å². The number of H-pyrrole nitrogens is 1. The second-order valence-corrected chi connectivity index (χ2v) is 7.64. The van der Waals surface area contributed by atoms with Crippen molar-refractivity contribution in [1.82, 2.24) is 9.88 Å². The molecule has 0 bridgehead atoms. The Morgan fingerprint density at radius 2 is 1.84 bits per heavy atom. The topological polar surface area (TPSA) is 155 Å². The average Bonchev–Trinajstić information content (AvgIpc) is 3.20. The minimum Gasteiger partial charge on any atom is -0.465 e. The normalized spacial score (nSPS) is 18.6. The molecule has 2 heterocycles. The zero-order chi connectivity index (χ0) is 22.1. The van der Waals surface area contributed by atoms with Crippen molar-refractivity contribution in [1.29, 1.82) is 0 Å². The molecule has 4 rings (SSSR count). The molecule has 0 radical (unpaired) electrons. The van der Waals surface area contributed by atoms with Gasteiger partial charge in [-0.1, -0.05) is 30.3 Å². The molecule has 0 saturated carbocycles. The molecule has 31 heavy (non-hydrogen) atoms. The fourth-order valence-corrected chi connectivity index (χ4v) is 4.14. The Morgan fingerprint density at radius 1 is 1.10 bits per heavy atom. The monoisotopic (exact) mass is 421 g/mol. The molecule has 160 valence electrons. The summed E-state index contributed by atoms with van der Waals surface area (Å²) in [7, 11) is 0. The molecule has 0 aliphatic carbocycles. The minimum atomic E-state index is -1.04.